The van der Waals surface area contributed by atoms with Gasteiger partial charge in [-0.25, -0.2) is 4.68 Å². The lowest BCUT2D eigenvalue weighted by Gasteiger charge is -1.89. The first-order valence-electron chi connectivity index (χ1n) is 5.91. The molecule has 0 bridgehead atoms. The lowest BCUT2D eigenvalue weighted by atomic mass is 10.2. The minimum Gasteiger partial charge on any atom is -0.453 e. The molecule has 0 unspecified atom stereocenters. The number of hydrogen-bond acceptors (Lipinski definition) is 7. The number of benzene rings is 1. The molecule has 0 N–H and O–H groups in total. The predicted molar refractivity (Wildman–Crippen MR) is 66.4 cm³/mol. The molecule has 8 heteroatoms. The van der Waals surface area contributed by atoms with Gasteiger partial charge in [0.15, 0.2) is 5.76 Å². The zero-order valence-electron chi connectivity index (χ0n) is 10.2. The molecule has 0 spiro atoms. The van der Waals surface area contributed by atoms with Gasteiger partial charge in [-0.05, 0) is 22.6 Å². The standard InChI is InChI=1S/C12H8N6O2/c1-2-4-9-8(3-1)5-10(19-9)12-14-11(20-15-12)6-18-7-13-16-17-18/h1-5,7H,6H2. The van der Waals surface area contributed by atoms with Crippen LogP contribution >= 0.6 is 0 Å². The summed E-state index contributed by atoms with van der Waals surface area (Å²) in [6.07, 6.45) is 1.48. The minimum atomic E-state index is 0.320. The number of fused-ring (bicyclic) bond motifs is 1. The maximum Gasteiger partial charge on any atom is 0.248 e. The van der Waals surface area contributed by atoms with E-state index in [9.17, 15) is 0 Å². The minimum absolute atomic E-state index is 0.320. The van der Waals surface area contributed by atoms with Gasteiger partial charge in [0.2, 0.25) is 11.7 Å². The topological polar surface area (TPSA) is 95.7 Å². The molecule has 0 saturated heterocycles. The number of rotatable bonds is 3. The highest BCUT2D eigenvalue weighted by Crippen LogP contribution is 2.25. The van der Waals surface area contributed by atoms with E-state index in [0.717, 1.165) is 11.0 Å². The van der Waals surface area contributed by atoms with E-state index in [1.165, 1.54) is 11.0 Å². The highest BCUT2D eigenvalue weighted by Gasteiger charge is 2.13. The van der Waals surface area contributed by atoms with Crippen molar-refractivity contribution in [3.63, 3.8) is 0 Å². The van der Waals surface area contributed by atoms with Gasteiger partial charge in [0.1, 0.15) is 18.5 Å². The Labute approximate surface area is 112 Å². The zero-order valence-corrected chi connectivity index (χ0v) is 10.2. The summed E-state index contributed by atoms with van der Waals surface area (Å²) < 4.78 is 12.3. The van der Waals surface area contributed by atoms with Gasteiger partial charge in [-0.15, -0.1) is 5.10 Å². The van der Waals surface area contributed by atoms with Crippen molar-refractivity contribution in [2.75, 3.05) is 0 Å². The maximum atomic E-state index is 5.67. The molecule has 4 aromatic rings. The van der Waals surface area contributed by atoms with Crippen molar-refractivity contribution in [3.05, 3.63) is 42.5 Å². The van der Waals surface area contributed by atoms with Gasteiger partial charge >= 0.3 is 0 Å². The lowest BCUT2D eigenvalue weighted by molar-refractivity contribution is 0.364. The second-order valence-corrected chi connectivity index (χ2v) is 4.17. The van der Waals surface area contributed by atoms with Gasteiger partial charge in [0, 0.05) is 5.39 Å². The van der Waals surface area contributed by atoms with E-state index in [1.54, 1.807) is 0 Å². The van der Waals surface area contributed by atoms with Crippen molar-refractivity contribution in [2.24, 2.45) is 0 Å². The van der Waals surface area contributed by atoms with E-state index in [1.807, 2.05) is 30.3 Å². The second kappa shape index (κ2) is 4.26. The first-order valence-corrected chi connectivity index (χ1v) is 5.91. The summed E-state index contributed by atoms with van der Waals surface area (Å²) in [5.74, 6) is 1.38. The fraction of sp³-hybridized carbons (Fsp3) is 0.0833. The van der Waals surface area contributed by atoms with Crippen LogP contribution in [0, 0.1) is 0 Å². The molecule has 0 saturated carbocycles. The molecule has 0 fully saturated rings. The Morgan fingerprint density at radius 3 is 3.00 bits per heavy atom. The van der Waals surface area contributed by atoms with E-state index in [-0.39, 0.29) is 0 Å². The lowest BCUT2D eigenvalue weighted by Crippen LogP contribution is -2.00. The summed E-state index contributed by atoms with van der Waals surface area (Å²) in [6.45, 7) is 0.320. The van der Waals surface area contributed by atoms with E-state index in [4.69, 9.17) is 8.94 Å². The van der Waals surface area contributed by atoms with Crippen LogP contribution in [-0.2, 0) is 6.54 Å². The van der Waals surface area contributed by atoms with Crippen LogP contribution in [0.1, 0.15) is 5.89 Å². The number of furan rings is 1. The van der Waals surface area contributed by atoms with Crippen molar-refractivity contribution in [3.8, 4) is 11.6 Å². The number of para-hydroxylation sites is 1. The van der Waals surface area contributed by atoms with Crippen molar-refractivity contribution >= 4 is 11.0 Å². The van der Waals surface area contributed by atoms with E-state index < -0.39 is 0 Å². The Morgan fingerprint density at radius 2 is 2.15 bits per heavy atom. The van der Waals surface area contributed by atoms with Crippen molar-refractivity contribution in [1.29, 1.82) is 0 Å². The molecule has 0 aliphatic rings. The smallest absolute Gasteiger partial charge is 0.248 e. The van der Waals surface area contributed by atoms with Crippen molar-refractivity contribution in [1.82, 2.24) is 30.3 Å². The third kappa shape index (κ3) is 1.83. The third-order valence-corrected chi connectivity index (χ3v) is 2.80. The van der Waals surface area contributed by atoms with Crippen LogP contribution in [0.2, 0.25) is 0 Å². The van der Waals surface area contributed by atoms with Crippen molar-refractivity contribution in [2.45, 2.75) is 6.54 Å². The molecule has 8 nitrogen and oxygen atoms in total. The summed E-state index contributed by atoms with van der Waals surface area (Å²) in [4.78, 5) is 4.26. The van der Waals surface area contributed by atoms with E-state index in [0.29, 0.717) is 24.0 Å². The highest BCUT2D eigenvalue weighted by molar-refractivity contribution is 5.81. The summed E-state index contributed by atoms with van der Waals surface area (Å²) in [5.41, 5.74) is 0.786. The van der Waals surface area contributed by atoms with Crippen molar-refractivity contribution < 1.29 is 8.94 Å². The van der Waals surface area contributed by atoms with Crippen LogP contribution in [-0.4, -0.2) is 30.3 Å². The predicted octanol–water partition coefficient (Wildman–Crippen LogP) is 1.52. The largest absolute Gasteiger partial charge is 0.453 e. The van der Waals surface area contributed by atoms with Crippen LogP contribution in [0.25, 0.3) is 22.6 Å². The van der Waals surface area contributed by atoms with Crippen LogP contribution < -0.4 is 0 Å². The molecule has 0 aliphatic heterocycles. The van der Waals surface area contributed by atoms with Crippen LogP contribution in [0.3, 0.4) is 0 Å². The fourth-order valence-electron chi connectivity index (χ4n) is 1.90. The number of hydrogen-bond donors (Lipinski definition) is 0. The van der Waals surface area contributed by atoms with Gasteiger partial charge < -0.3 is 8.94 Å². The quantitative estimate of drug-likeness (QED) is 0.555. The average Bonchev–Trinajstić information content (AvgIpc) is 3.18. The molecule has 20 heavy (non-hydrogen) atoms. The molecule has 0 atom stereocenters. The Bertz CT molecular complexity index is 815. The molecule has 3 heterocycles. The van der Waals surface area contributed by atoms with Gasteiger partial charge in [0.05, 0.1) is 0 Å². The normalized spacial score (nSPS) is 11.2. The highest BCUT2D eigenvalue weighted by atomic mass is 16.5. The zero-order chi connectivity index (χ0) is 13.4. The second-order valence-electron chi connectivity index (χ2n) is 4.17. The fourth-order valence-corrected chi connectivity index (χ4v) is 1.90. The molecule has 1 aromatic carbocycles. The molecular formula is C12H8N6O2. The Balaban J connectivity index is 1.67. The Morgan fingerprint density at radius 1 is 1.20 bits per heavy atom. The Kier molecular flexibility index (Phi) is 2.31. The van der Waals surface area contributed by atoms with Gasteiger partial charge in [-0.3, -0.25) is 0 Å². The molecule has 3 aromatic heterocycles. The SMILES string of the molecule is c1ccc2oc(-c3noc(Cn4cnnn4)n3)cc2c1. The summed E-state index contributed by atoms with van der Waals surface area (Å²) in [5, 5.41) is 15.7. The first kappa shape index (κ1) is 10.9. The Hall–Kier alpha value is -3.03. The number of aromatic nitrogens is 6. The molecule has 0 aliphatic carbocycles. The monoisotopic (exact) mass is 268 g/mol. The van der Waals surface area contributed by atoms with E-state index >= 15 is 0 Å². The van der Waals surface area contributed by atoms with Gasteiger partial charge in [-0.2, -0.15) is 4.98 Å². The third-order valence-electron chi connectivity index (χ3n) is 2.80. The first-order chi connectivity index (χ1) is 9.88. The molecular weight excluding hydrogens is 260 g/mol. The van der Waals surface area contributed by atoms with Crippen LogP contribution in [0.15, 0.2) is 45.6 Å². The van der Waals surface area contributed by atoms with E-state index in [2.05, 4.69) is 25.7 Å². The summed E-state index contributed by atoms with van der Waals surface area (Å²) >= 11 is 0. The number of tetrazole rings is 1. The molecule has 98 valence electrons. The van der Waals surface area contributed by atoms with Crippen LogP contribution in [0.4, 0.5) is 0 Å². The average molecular weight is 268 g/mol. The molecule has 4 rings (SSSR count). The number of nitrogens with zero attached hydrogens (tertiary/aromatic N) is 6. The molecule has 0 amide bonds. The van der Waals surface area contributed by atoms with Gasteiger partial charge in [0.25, 0.3) is 0 Å². The van der Waals surface area contributed by atoms with Gasteiger partial charge in [-0.1, -0.05) is 23.4 Å². The summed E-state index contributed by atoms with van der Waals surface area (Å²) in [6, 6.07) is 9.59. The maximum absolute atomic E-state index is 5.67. The molecule has 0 radical (unpaired) electrons. The van der Waals surface area contributed by atoms with Crippen LogP contribution in [0.5, 0.6) is 0 Å². The summed E-state index contributed by atoms with van der Waals surface area (Å²) in [7, 11) is 0.